The van der Waals surface area contributed by atoms with Crippen LogP contribution in [0.2, 0.25) is 0 Å². The van der Waals surface area contributed by atoms with Crippen LogP contribution in [-0.4, -0.2) is 62.2 Å². The normalized spacial score (nSPS) is 15.2. The first-order valence-corrected chi connectivity index (χ1v) is 12.5. The summed E-state index contributed by atoms with van der Waals surface area (Å²) in [6.45, 7) is 2.92. The molecule has 1 saturated heterocycles. The first-order chi connectivity index (χ1) is 18.5. The predicted octanol–water partition coefficient (Wildman–Crippen LogP) is 4.58. The van der Waals surface area contributed by atoms with Crippen molar-refractivity contribution >= 4 is 16.6 Å². The summed E-state index contributed by atoms with van der Waals surface area (Å²) in [6, 6.07) is 22.1. The molecule has 1 atom stereocenters. The van der Waals surface area contributed by atoms with Crippen molar-refractivity contribution < 1.29 is 13.9 Å². The minimum atomic E-state index is -0.806. The first-order valence-electron chi connectivity index (χ1n) is 12.5. The maximum Gasteiger partial charge on any atom is 0.181 e. The van der Waals surface area contributed by atoms with Crippen LogP contribution >= 0.6 is 0 Å². The Morgan fingerprint density at radius 3 is 2.16 bits per heavy atom. The second-order valence-corrected chi connectivity index (χ2v) is 9.31. The zero-order chi connectivity index (χ0) is 26.1. The van der Waals surface area contributed by atoms with Crippen molar-refractivity contribution in [3.05, 3.63) is 96.7 Å². The number of hydrogen-bond acceptors (Lipinski definition) is 6. The van der Waals surface area contributed by atoms with Crippen molar-refractivity contribution in [3.8, 4) is 22.8 Å². The molecule has 3 aromatic carbocycles. The third kappa shape index (κ3) is 4.85. The third-order valence-corrected chi connectivity index (χ3v) is 6.90. The van der Waals surface area contributed by atoms with E-state index in [-0.39, 0.29) is 18.2 Å². The Morgan fingerprint density at radius 2 is 1.45 bits per heavy atom. The monoisotopic (exact) mass is 512 g/mol. The molecule has 0 spiro atoms. The number of nitrogens with zero attached hydrogens (tertiary/aromatic N) is 6. The SMILES string of the molecule is O[C@@H](Cn1nc(-c2ccc(F)cc2)nc1-c1ccc(F)cc1)N1CCN(c2nccc3ccccc23)CC1. The molecule has 0 aliphatic carbocycles. The minimum Gasteiger partial charge on any atom is -0.376 e. The first kappa shape index (κ1) is 24.1. The van der Waals surface area contributed by atoms with E-state index in [9.17, 15) is 13.9 Å². The number of hydrogen-bond donors (Lipinski definition) is 1. The molecule has 3 heterocycles. The number of fused-ring (bicyclic) bond motifs is 1. The van der Waals surface area contributed by atoms with Gasteiger partial charge in [0.1, 0.15) is 23.7 Å². The molecule has 9 heteroatoms. The molecule has 0 radical (unpaired) electrons. The maximum atomic E-state index is 13.6. The lowest BCUT2D eigenvalue weighted by Crippen LogP contribution is -2.51. The van der Waals surface area contributed by atoms with E-state index in [4.69, 9.17) is 0 Å². The molecule has 0 amide bonds. The van der Waals surface area contributed by atoms with E-state index in [1.54, 1.807) is 28.9 Å². The fraction of sp³-hybridized carbons (Fsp3) is 0.207. The van der Waals surface area contributed by atoms with Crippen molar-refractivity contribution in [2.75, 3.05) is 31.1 Å². The van der Waals surface area contributed by atoms with Gasteiger partial charge in [-0.25, -0.2) is 23.4 Å². The molecule has 1 N–H and O–H groups in total. The standard InChI is InChI=1S/C29H26F2N6O/c30-23-9-5-21(6-10-23)27-33-28(22-7-11-24(31)12-8-22)37(34-27)19-26(38)35-15-17-36(18-16-35)29-25-4-2-1-3-20(25)13-14-32-29/h1-14,26,38H,15-19H2/t26-/m0/s1. The van der Waals surface area contributed by atoms with Crippen molar-refractivity contribution in [3.63, 3.8) is 0 Å². The van der Waals surface area contributed by atoms with Crippen LogP contribution in [0.3, 0.4) is 0 Å². The average Bonchev–Trinajstić information content (AvgIpc) is 3.37. The maximum absolute atomic E-state index is 13.6. The summed E-state index contributed by atoms with van der Waals surface area (Å²) in [7, 11) is 0. The molecule has 2 aromatic heterocycles. The molecule has 1 fully saturated rings. The highest BCUT2D eigenvalue weighted by molar-refractivity contribution is 5.92. The van der Waals surface area contributed by atoms with Gasteiger partial charge in [-0.05, 0) is 60.0 Å². The number of rotatable bonds is 6. The molecule has 5 aromatic rings. The Kier molecular flexibility index (Phi) is 6.53. The molecule has 38 heavy (non-hydrogen) atoms. The number of piperazine rings is 1. The van der Waals surface area contributed by atoms with Crippen molar-refractivity contribution in [2.45, 2.75) is 12.8 Å². The zero-order valence-corrected chi connectivity index (χ0v) is 20.6. The fourth-order valence-corrected chi connectivity index (χ4v) is 4.86. The van der Waals surface area contributed by atoms with E-state index < -0.39 is 6.23 Å². The van der Waals surface area contributed by atoms with Gasteiger partial charge in [-0.15, -0.1) is 0 Å². The second kappa shape index (κ2) is 10.3. The minimum absolute atomic E-state index is 0.174. The molecule has 0 unspecified atom stereocenters. The Hall–Kier alpha value is -4.21. The lowest BCUT2D eigenvalue weighted by Gasteiger charge is -2.38. The van der Waals surface area contributed by atoms with Crippen LogP contribution < -0.4 is 4.90 Å². The van der Waals surface area contributed by atoms with Crippen LogP contribution in [0.1, 0.15) is 0 Å². The van der Waals surface area contributed by atoms with E-state index in [0.717, 1.165) is 29.7 Å². The van der Waals surface area contributed by atoms with Gasteiger partial charge in [0, 0.05) is 48.9 Å². The van der Waals surface area contributed by atoms with Gasteiger partial charge >= 0.3 is 0 Å². The molecule has 192 valence electrons. The van der Waals surface area contributed by atoms with Crippen molar-refractivity contribution in [1.82, 2.24) is 24.6 Å². The molecule has 0 saturated carbocycles. The summed E-state index contributed by atoms with van der Waals surface area (Å²) >= 11 is 0. The van der Waals surface area contributed by atoms with Gasteiger partial charge in [-0.1, -0.05) is 24.3 Å². The Balaban J connectivity index is 1.21. The van der Waals surface area contributed by atoms with Gasteiger partial charge in [0.05, 0.1) is 6.54 Å². The van der Waals surface area contributed by atoms with Gasteiger partial charge in [0.15, 0.2) is 11.6 Å². The largest absolute Gasteiger partial charge is 0.376 e. The van der Waals surface area contributed by atoms with Crippen LogP contribution in [0.15, 0.2) is 85.1 Å². The fourth-order valence-electron chi connectivity index (χ4n) is 4.86. The number of pyridine rings is 1. The van der Waals surface area contributed by atoms with Gasteiger partial charge in [-0.3, -0.25) is 4.90 Å². The molecule has 7 nitrogen and oxygen atoms in total. The van der Waals surface area contributed by atoms with Crippen molar-refractivity contribution in [1.29, 1.82) is 0 Å². The number of aliphatic hydroxyl groups is 1. The summed E-state index contributed by atoms with van der Waals surface area (Å²) in [6.07, 6.45) is 1.03. The van der Waals surface area contributed by atoms with E-state index in [2.05, 4.69) is 32.1 Å². The topological polar surface area (TPSA) is 70.3 Å². The number of aliphatic hydroxyl groups excluding tert-OH is 1. The van der Waals surface area contributed by atoms with Crippen LogP contribution in [0.25, 0.3) is 33.5 Å². The zero-order valence-electron chi connectivity index (χ0n) is 20.6. The lowest BCUT2D eigenvalue weighted by atomic mass is 10.1. The lowest BCUT2D eigenvalue weighted by molar-refractivity contribution is -0.0136. The Labute approximate surface area is 218 Å². The van der Waals surface area contributed by atoms with Crippen LogP contribution in [0.4, 0.5) is 14.6 Å². The van der Waals surface area contributed by atoms with E-state index in [1.165, 1.54) is 24.3 Å². The van der Waals surface area contributed by atoms with Gasteiger partial charge in [0.2, 0.25) is 0 Å². The summed E-state index contributed by atoms with van der Waals surface area (Å²) in [5.74, 6) is 1.17. The molecular formula is C29H26F2N6O. The van der Waals surface area contributed by atoms with Crippen LogP contribution in [-0.2, 0) is 6.54 Å². The number of halogens is 2. The van der Waals surface area contributed by atoms with Gasteiger partial charge in [0.25, 0.3) is 0 Å². The Morgan fingerprint density at radius 1 is 0.789 bits per heavy atom. The van der Waals surface area contributed by atoms with Gasteiger partial charge in [-0.2, -0.15) is 5.10 Å². The number of anilines is 1. The van der Waals surface area contributed by atoms with Crippen LogP contribution in [0.5, 0.6) is 0 Å². The summed E-state index contributed by atoms with van der Waals surface area (Å²) < 4.78 is 28.7. The quantitative estimate of drug-likeness (QED) is 0.359. The molecular weight excluding hydrogens is 486 g/mol. The second-order valence-electron chi connectivity index (χ2n) is 9.31. The van der Waals surface area contributed by atoms with E-state index in [0.29, 0.717) is 35.9 Å². The highest BCUT2D eigenvalue weighted by atomic mass is 19.1. The highest BCUT2D eigenvalue weighted by Crippen LogP contribution is 2.26. The smallest absolute Gasteiger partial charge is 0.181 e. The molecule has 1 aliphatic rings. The van der Waals surface area contributed by atoms with E-state index in [1.807, 2.05) is 29.3 Å². The average molecular weight is 513 g/mol. The predicted molar refractivity (Wildman–Crippen MR) is 142 cm³/mol. The van der Waals surface area contributed by atoms with Crippen molar-refractivity contribution in [2.24, 2.45) is 0 Å². The number of aromatic nitrogens is 4. The van der Waals surface area contributed by atoms with E-state index >= 15 is 0 Å². The third-order valence-electron chi connectivity index (χ3n) is 6.90. The summed E-state index contributed by atoms with van der Waals surface area (Å²) in [4.78, 5) is 13.5. The molecule has 6 rings (SSSR count). The van der Waals surface area contributed by atoms with Crippen LogP contribution in [0, 0.1) is 11.6 Å². The Bertz CT molecular complexity index is 1540. The summed E-state index contributed by atoms with van der Waals surface area (Å²) in [5, 5.41) is 18.1. The highest BCUT2D eigenvalue weighted by Gasteiger charge is 2.26. The van der Waals surface area contributed by atoms with Gasteiger partial charge < -0.3 is 10.0 Å². The molecule has 0 bridgehead atoms. The number of benzene rings is 3. The molecule has 1 aliphatic heterocycles. The summed E-state index contributed by atoms with van der Waals surface area (Å²) in [5.41, 5.74) is 1.32.